The van der Waals surface area contributed by atoms with Gasteiger partial charge in [-0.05, 0) is 44.5 Å². The maximum Gasteiger partial charge on any atom is 0.355 e. The van der Waals surface area contributed by atoms with E-state index in [9.17, 15) is 14.4 Å². The van der Waals surface area contributed by atoms with Gasteiger partial charge in [0, 0.05) is 18.8 Å². The molecule has 1 heterocycles. The van der Waals surface area contributed by atoms with E-state index in [2.05, 4.69) is 5.32 Å². The number of anilines is 1. The number of hydrogen-bond donors (Lipinski definition) is 1. The van der Waals surface area contributed by atoms with E-state index < -0.39 is 18.0 Å². The zero-order valence-corrected chi connectivity index (χ0v) is 15.5. The summed E-state index contributed by atoms with van der Waals surface area (Å²) >= 11 is 0. The van der Waals surface area contributed by atoms with Crippen molar-refractivity contribution >= 4 is 23.3 Å². The average Bonchev–Trinajstić information content (AvgIpc) is 2.97. The number of aryl methyl sites for hydroxylation is 2. The second-order valence-corrected chi connectivity index (χ2v) is 6.02. The van der Waals surface area contributed by atoms with Gasteiger partial charge in [0.1, 0.15) is 11.4 Å². The smallest absolute Gasteiger partial charge is 0.355 e. The van der Waals surface area contributed by atoms with Crippen molar-refractivity contribution in [3.63, 3.8) is 0 Å². The number of carbonyl (C=O) groups excluding carboxylic acids is 3. The molecular formula is C19H22N2O5. The molecule has 0 fully saturated rings. The molecule has 0 saturated carbocycles. The molecule has 1 amide bonds. The van der Waals surface area contributed by atoms with Gasteiger partial charge < -0.3 is 19.4 Å². The highest BCUT2D eigenvalue weighted by Gasteiger charge is 2.22. The quantitative estimate of drug-likeness (QED) is 0.634. The van der Waals surface area contributed by atoms with Crippen LogP contribution in [0.15, 0.2) is 30.5 Å². The van der Waals surface area contributed by atoms with Crippen LogP contribution in [-0.2, 0) is 16.6 Å². The minimum absolute atomic E-state index is 0.156. The largest absolute Gasteiger partial charge is 0.495 e. The van der Waals surface area contributed by atoms with E-state index in [1.807, 2.05) is 13.0 Å². The van der Waals surface area contributed by atoms with Gasteiger partial charge in [0.05, 0.1) is 12.8 Å². The van der Waals surface area contributed by atoms with Crippen LogP contribution in [-0.4, -0.2) is 35.4 Å². The van der Waals surface area contributed by atoms with Gasteiger partial charge in [-0.1, -0.05) is 6.07 Å². The number of aromatic nitrogens is 1. The third kappa shape index (κ3) is 4.30. The fourth-order valence-electron chi connectivity index (χ4n) is 2.39. The third-order valence-electron chi connectivity index (χ3n) is 3.89. The molecule has 0 aliphatic heterocycles. The minimum Gasteiger partial charge on any atom is -0.495 e. The van der Waals surface area contributed by atoms with Gasteiger partial charge in [-0.15, -0.1) is 0 Å². The van der Waals surface area contributed by atoms with E-state index in [0.29, 0.717) is 17.0 Å². The van der Waals surface area contributed by atoms with Crippen LogP contribution in [0.2, 0.25) is 0 Å². The lowest BCUT2D eigenvalue weighted by Crippen LogP contribution is -2.30. The highest BCUT2D eigenvalue weighted by molar-refractivity contribution is 6.00. The summed E-state index contributed by atoms with van der Waals surface area (Å²) in [6, 6.07) is 6.81. The van der Waals surface area contributed by atoms with Crippen LogP contribution in [0.4, 0.5) is 5.69 Å². The number of nitrogens with zero attached hydrogens (tertiary/aromatic N) is 1. The topological polar surface area (TPSA) is 86.6 Å². The fraction of sp³-hybridized carbons (Fsp3) is 0.316. The van der Waals surface area contributed by atoms with E-state index in [1.54, 1.807) is 25.4 Å². The predicted octanol–water partition coefficient (Wildman–Crippen LogP) is 2.73. The van der Waals surface area contributed by atoms with Gasteiger partial charge in [-0.25, -0.2) is 4.79 Å². The first kappa shape index (κ1) is 19.2. The second kappa shape index (κ2) is 7.86. The van der Waals surface area contributed by atoms with Crippen molar-refractivity contribution in [2.45, 2.75) is 26.9 Å². The lowest BCUT2D eigenvalue weighted by Gasteiger charge is -2.15. The Hall–Kier alpha value is -3.09. The standard InChI is InChI=1S/C19H22N2O5/c1-11-6-7-17(25-5)15(8-11)20-18(23)13(3)26-19(24)16-9-14(12(2)22)10-21(16)4/h6-10,13H,1-5H3,(H,20,23)/t13-/m1/s1. The number of nitrogens with one attached hydrogen (secondary N) is 1. The second-order valence-electron chi connectivity index (χ2n) is 6.02. The number of amides is 1. The van der Waals surface area contributed by atoms with Crippen molar-refractivity contribution < 1.29 is 23.9 Å². The van der Waals surface area contributed by atoms with Crippen LogP contribution in [0, 0.1) is 6.92 Å². The van der Waals surface area contributed by atoms with Crippen molar-refractivity contribution in [2.75, 3.05) is 12.4 Å². The molecule has 138 valence electrons. The predicted molar refractivity (Wildman–Crippen MR) is 96.7 cm³/mol. The van der Waals surface area contributed by atoms with Crippen LogP contribution in [0.3, 0.4) is 0 Å². The normalized spacial score (nSPS) is 11.6. The van der Waals surface area contributed by atoms with Gasteiger partial charge in [0.15, 0.2) is 11.9 Å². The van der Waals surface area contributed by atoms with Crippen LogP contribution in [0.1, 0.15) is 40.3 Å². The molecule has 7 nitrogen and oxygen atoms in total. The molecule has 0 aliphatic rings. The summed E-state index contributed by atoms with van der Waals surface area (Å²) in [5.74, 6) is -0.810. The first-order valence-corrected chi connectivity index (χ1v) is 8.06. The Morgan fingerprint density at radius 2 is 1.88 bits per heavy atom. The molecule has 1 N–H and O–H groups in total. The Labute approximate surface area is 151 Å². The fourth-order valence-corrected chi connectivity index (χ4v) is 2.39. The molecule has 2 aromatic rings. The van der Waals surface area contributed by atoms with Crippen molar-refractivity contribution in [1.82, 2.24) is 4.57 Å². The van der Waals surface area contributed by atoms with Gasteiger partial charge in [-0.2, -0.15) is 0 Å². The molecular weight excluding hydrogens is 336 g/mol. The first-order chi connectivity index (χ1) is 12.2. The average molecular weight is 358 g/mol. The first-order valence-electron chi connectivity index (χ1n) is 8.06. The molecule has 26 heavy (non-hydrogen) atoms. The summed E-state index contributed by atoms with van der Waals surface area (Å²) in [4.78, 5) is 36.1. The number of esters is 1. The zero-order valence-electron chi connectivity index (χ0n) is 15.5. The van der Waals surface area contributed by atoms with E-state index in [0.717, 1.165) is 5.56 Å². The Kier molecular flexibility index (Phi) is 5.82. The maximum absolute atomic E-state index is 12.4. The number of ketones is 1. The van der Waals surface area contributed by atoms with Crippen LogP contribution < -0.4 is 10.1 Å². The molecule has 2 rings (SSSR count). The number of hydrogen-bond acceptors (Lipinski definition) is 5. The number of Topliss-reactive ketones (excluding diaryl/α,β-unsaturated/α-hetero) is 1. The van der Waals surface area contributed by atoms with Crippen molar-refractivity contribution in [2.24, 2.45) is 7.05 Å². The molecule has 0 saturated heterocycles. The molecule has 7 heteroatoms. The highest BCUT2D eigenvalue weighted by Crippen LogP contribution is 2.25. The number of methoxy groups -OCH3 is 1. The van der Waals surface area contributed by atoms with E-state index in [1.165, 1.54) is 31.6 Å². The molecule has 1 atom stereocenters. The Bertz CT molecular complexity index is 854. The summed E-state index contributed by atoms with van der Waals surface area (Å²) < 4.78 is 11.9. The zero-order chi connectivity index (χ0) is 19.4. The van der Waals surface area contributed by atoms with Crippen LogP contribution >= 0.6 is 0 Å². The summed E-state index contributed by atoms with van der Waals surface area (Å²) in [5.41, 5.74) is 2.05. The van der Waals surface area contributed by atoms with Crippen molar-refractivity contribution in [1.29, 1.82) is 0 Å². The number of rotatable bonds is 6. The number of ether oxygens (including phenoxy) is 2. The number of benzene rings is 1. The summed E-state index contributed by atoms with van der Waals surface area (Å²) in [6.07, 6.45) is 0.518. The summed E-state index contributed by atoms with van der Waals surface area (Å²) in [7, 11) is 3.14. The van der Waals surface area contributed by atoms with Crippen molar-refractivity contribution in [3.8, 4) is 5.75 Å². The maximum atomic E-state index is 12.4. The Balaban J connectivity index is 2.08. The highest BCUT2D eigenvalue weighted by atomic mass is 16.5. The number of carbonyl (C=O) groups is 3. The Morgan fingerprint density at radius 3 is 2.46 bits per heavy atom. The Morgan fingerprint density at radius 1 is 1.19 bits per heavy atom. The molecule has 0 spiro atoms. The summed E-state index contributed by atoms with van der Waals surface area (Å²) in [5, 5.41) is 2.69. The summed E-state index contributed by atoms with van der Waals surface area (Å²) in [6.45, 7) is 4.78. The molecule has 0 aliphatic carbocycles. The monoisotopic (exact) mass is 358 g/mol. The molecule has 0 unspecified atom stereocenters. The van der Waals surface area contributed by atoms with Gasteiger partial charge in [0.25, 0.3) is 5.91 Å². The lowest BCUT2D eigenvalue weighted by atomic mass is 10.2. The molecule has 0 bridgehead atoms. The van der Waals surface area contributed by atoms with E-state index >= 15 is 0 Å². The van der Waals surface area contributed by atoms with Gasteiger partial charge in [-0.3, -0.25) is 9.59 Å². The lowest BCUT2D eigenvalue weighted by molar-refractivity contribution is -0.123. The molecule has 0 radical (unpaired) electrons. The molecule has 1 aromatic heterocycles. The van der Waals surface area contributed by atoms with Crippen LogP contribution in [0.5, 0.6) is 5.75 Å². The van der Waals surface area contributed by atoms with Gasteiger partial charge >= 0.3 is 5.97 Å². The van der Waals surface area contributed by atoms with Crippen LogP contribution in [0.25, 0.3) is 0 Å². The van der Waals surface area contributed by atoms with Gasteiger partial charge in [0.2, 0.25) is 0 Å². The molecule has 1 aromatic carbocycles. The SMILES string of the molecule is COc1ccc(C)cc1NC(=O)[C@@H](C)OC(=O)c1cc(C(C)=O)cn1C. The minimum atomic E-state index is -1.02. The third-order valence-corrected chi connectivity index (χ3v) is 3.89. The van der Waals surface area contributed by atoms with Crippen molar-refractivity contribution in [3.05, 3.63) is 47.3 Å². The van der Waals surface area contributed by atoms with E-state index in [-0.39, 0.29) is 11.5 Å². The van der Waals surface area contributed by atoms with E-state index in [4.69, 9.17) is 9.47 Å².